The molecule has 1 aromatic carbocycles. The first-order valence-corrected chi connectivity index (χ1v) is 9.85. The van der Waals surface area contributed by atoms with Gasteiger partial charge in [-0.05, 0) is 57.0 Å². The van der Waals surface area contributed by atoms with Crippen molar-refractivity contribution in [1.29, 1.82) is 0 Å². The number of ether oxygens (including phenoxy) is 1. The minimum absolute atomic E-state index is 0.253. The Hall–Kier alpha value is -2.80. The largest absolute Gasteiger partial charge is 0.444 e. The lowest BCUT2D eigenvalue weighted by molar-refractivity contribution is 0.0292. The van der Waals surface area contributed by atoms with E-state index in [-0.39, 0.29) is 18.0 Å². The zero-order chi connectivity index (χ0) is 21.0. The van der Waals surface area contributed by atoms with Gasteiger partial charge in [0, 0.05) is 30.9 Å². The topological polar surface area (TPSA) is 83.6 Å². The molecule has 2 N–H and O–H groups in total. The molecule has 1 saturated heterocycles. The molecular formula is C21H25ClN4O3. The zero-order valence-corrected chi connectivity index (χ0v) is 17.5. The van der Waals surface area contributed by atoms with E-state index in [2.05, 4.69) is 15.6 Å². The second-order valence-electron chi connectivity index (χ2n) is 7.97. The van der Waals surface area contributed by atoms with Crippen LogP contribution in [0.25, 0.3) is 0 Å². The number of carbonyl (C=O) groups excluding carboxylic acids is 2. The average Bonchev–Trinajstić information content (AvgIpc) is 3.13. The number of nitrogens with zero attached hydrogens (tertiary/aromatic N) is 2. The number of halogens is 1. The molecular weight excluding hydrogens is 392 g/mol. The molecule has 2 aromatic rings. The van der Waals surface area contributed by atoms with Crippen molar-refractivity contribution in [2.24, 2.45) is 0 Å². The van der Waals surface area contributed by atoms with Crippen LogP contribution in [0.3, 0.4) is 0 Å². The van der Waals surface area contributed by atoms with Gasteiger partial charge in [-0.15, -0.1) is 0 Å². The van der Waals surface area contributed by atoms with Crippen molar-refractivity contribution in [2.75, 3.05) is 23.7 Å². The fourth-order valence-corrected chi connectivity index (χ4v) is 3.20. The highest BCUT2D eigenvalue weighted by Gasteiger charge is 2.30. The summed E-state index contributed by atoms with van der Waals surface area (Å²) < 4.78 is 5.44. The summed E-state index contributed by atoms with van der Waals surface area (Å²) in [6.45, 7) is 6.90. The van der Waals surface area contributed by atoms with Gasteiger partial charge in [-0.1, -0.05) is 23.7 Å². The summed E-state index contributed by atoms with van der Waals surface area (Å²) in [4.78, 5) is 30.1. The monoisotopic (exact) mass is 416 g/mol. The number of nitrogens with one attached hydrogen (secondary N) is 2. The number of amides is 3. The third kappa shape index (κ3) is 6.09. The molecule has 3 rings (SSSR count). The highest BCUT2D eigenvalue weighted by Crippen LogP contribution is 2.29. The Bertz CT molecular complexity index is 863. The molecule has 29 heavy (non-hydrogen) atoms. The van der Waals surface area contributed by atoms with Gasteiger partial charge in [-0.2, -0.15) is 0 Å². The van der Waals surface area contributed by atoms with Gasteiger partial charge in [-0.3, -0.25) is 5.32 Å². The lowest BCUT2D eigenvalue weighted by Crippen LogP contribution is -2.35. The number of hydrogen-bond acceptors (Lipinski definition) is 4. The van der Waals surface area contributed by atoms with E-state index in [4.69, 9.17) is 16.3 Å². The van der Waals surface area contributed by atoms with E-state index in [1.807, 2.05) is 45.0 Å². The van der Waals surface area contributed by atoms with Gasteiger partial charge in [0.1, 0.15) is 11.4 Å². The summed E-state index contributed by atoms with van der Waals surface area (Å²) in [7, 11) is 0. The summed E-state index contributed by atoms with van der Waals surface area (Å²) >= 11 is 5.78. The SMILES string of the molecule is CC(C)(C)OC(=O)N1CC[C@@H](c2ccc(NC(=O)Nc3ccc(Cl)cn3)cc2)C1. The Morgan fingerprint density at radius 1 is 1.14 bits per heavy atom. The summed E-state index contributed by atoms with van der Waals surface area (Å²) in [5.41, 5.74) is 1.30. The lowest BCUT2D eigenvalue weighted by atomic mass is 9.98. The van der Waals surface area contributed by atoms with Gasteiger partial charge < -0.3 is 15.0 Å². The number of anilines is 2. The van der Waals surface area contributed by atoms with Crippen LogP contribution in [-0.2, 0) is 4.74 Å². The minimum Gasteiger partial charge on any atom is -0.444 e. The maximum Gasteiger partial charge on any atom is 0.410 e. The van der Waals surface area contributed by atoms with Crippen molar-refractivity contribution < 1.29 is 14.3 Å². The third-order valence-electron chi connectivity index (χ3n) is 4.45. The van der Waals surface area contributed by atoms with Crippen molar-refractivity contribution in [3.8, 4) is 0 Å². The first-order chi connectivity index (χ1) is 13.7. The molecule has 7 nitrogen and oxygen atoms in total. The van der Waals surface area contributed by atoms with Crippen LogP contribution in [-0.4, -0.2) is 40.7 Å². The highest BCUT2D eigenvalue weighted by atomic mass is 35.5. The van der Waals surface area contributed by atoms with E-state index in [0.717, 1.165) is 12.0 Å². The van der Waals surface area contributed by atoms with Crippen molar-refractivity contribution in [3.63, 3.8) is 0 Å². The van der Waals surface area contributed by atoms with Crippen LogP contribution in [0.5, 0.6) is 0 Å². The number of rotatable bonds is 3. The number of benzene rings is 1. The third-order valence-corrected chi connectivity index (χ3v) is 4.67. The lowest BCUT2D eigenvalue weighted by Gasteiger charge is -2.24. The standard InChI is InChI=1S/C21H25ClN4O3/c1-21(2,3)29-20(28)26-11-10-15(13-26)14-4-7-17(8-5-14)24-19(27)25-18-9-6-16(22)12-23-18/h4-9,12,15H,10-11,13H2,1-3H3,(H2,23,24,25,27)/t15-/m1/s1. The molecule has 0 aliphatic carbocycles. The van der Waals surface area contributed by atoms with Gasteiger partial charge in [0.2, 0.25) is 0 Å². The van der Waals surface area contributed by atoms with E-state index < -0.39 is 5.60 Å². The minimum atomic E-state index is -0.495. The summed E-state index contributed by atoms with van der Waals surface area (Å²) in [6, 6.07) is 10.5. The van der Waals surface area contributed by atoms with Crippen LogP contribution in [0, 0.1) is 0 Å². The quantitative estimate of drug-likeness (QED) is 0.728. The maximum atomic E-state index is 12.2. The normalized spacial score (nSPS) is 16.4. The number of urea groups is 1. The van der Waals surface area contributed by atoms with Crippen molar-refractivity contribution >= 4 is 35.2 Å². The van der Waals surface area contributed by atoms with E-state index >= 15 is 0 Å². The Balaban J connectivity index is 1.53. The predicted octanol–water partition coefficient (Wildman–Crippen LogP) is 5.10. The zero-order valence-electron chi connectivity index (χ0n) is 16.7. The number of aromatic nitrogens is 1. The maximum absolute atomic E-state index is 12.2. The van der Waals surface area contributed by atoms with Crippen LogP contribution in [0.4, 0.5) is 21.1 Å². The Morgan fingerprint density at radius 2 is 1.86 bits per heavy atom. The molecule has 2 heterocycles. The summed E-state index contributed by atoms with van der Waals surface area (Å²) in [5, 5.41) is 5.92. The summed E-state index contributed by atoms with van der Waals surface area (Å²) in [6.07, 6.45) is 2.08. The molecule has 1 aromatic heterocycles. The molecule has 1 aliphatic rings. The van der Waals surface area contributed by atoms with Crippen molar-refractivity contribution in [2.45, 2.75) is 38.7 Å². The van der Waals surface area contributed by atoms with Crippen LogP contribution in [0.15, 0.2) is 42.6 Å². The molecule has 0 unspecified atom stereocenters. The number of pyridine rings is 1. The first kappa shape index (κ1) is 20.9. The van der Waals surface area contributed by atoms with Crippen LogP contribution >= 0.6 is 11.6 Å². The van der Waals surface area contributed by atoms with E-state index in [0.29, 0.717) is 29.6 Å². The molecule has 1 aliphatic heterocycles. The molecule has 0 spiro atoms. The van der Waals surface area contributed by atoms with Gasteiger partial charge in [0.25, 0.3) is 0 Å². The summed E-state index contributed by atoms with van der Waals surface area (Å²) in [5.74, 6) is 0.667. The van der Waals surface area contributed by atoms with Crippen molar-refractivity contribution in [3.05, 3.63) is 53.2 Å². The van der Waals surface area contributed by atoms with Crippen LogP contribution in [0.2, 0.25) is 5.02 Å². The number of likely N-dealkylation sites (tertiary alicyclic amines) is 1. The molecule has 3 amide bonds. The number of carbonyl (C=O) groups is 2. The van der Waals surface area contributed by atoms with Gasteiger partial charge in [0.05, 0.1) is 5.02 Å². The van der Waals surface area contributed by atoms with Crippen molar-refractivity contribution in [1.82, 2.24) is 9.88 Å². The predicted molar refractivity (Wildman–Crippen MR) is 113 cm³/mol. The number of hydrogen-bond donors (Lipinski definition) is 2. The van der Waals surface area contributed by atoms with Crippen LogP contribution in [0.1, 0.15) is 38.7 Å². The average molecular weight is 417 g/mol. The van der Waals surface area contributed by atoms with E-state index in [9.17, 15) is 9.59 Å². The van der Waals surface area contributed by atoms with Crippen LogP contribution < -0.4 is 10.6 Å². The second kappa shape index (κ2) is 8.69. The Morgan fingerprint density at radius 3 is 2.48 bits per heavy atom. The molecule has 0 radical (unpaired) electrons. The molecule has 1 atom stereocenters. The van der Waals surface area contributed by atoms with Gasteiger partial charge in [0.15, 0.2) is 0 Å². The smallest absolute Gasteiger partial charge is 0.410 e. The van der Waals surface area contributed by atoms with E-state index in [1.54, 1.807) is 17.0 Å². The van der Waals surface area contributed by atoms with Gasteiger partial charge in [-0.25, -0.2) is 14.6 Å². The Kier molecular flexibility index (Phi) is 6.27. The molecule has 8 heteroatoms. The first-order valence-electron chi connectivity index (χ1n) is 9.47. The van der Waals surface area contributed by atoms with E-state index in [1.165, 1.54) is 6.20 Å². The highest BCUT2D eigenvalue weighted by molar-refractivity contribution is 6.30. The molecule has 0 saturated carbocycles. The fraction of sp³-hybridized carbons (Fsp3) is 0.381. The molecule has 154 valence electrons. The molecule has 0 bridgehead atoms. The second-order valence-corrected chi connectivity index (χ2v) is 8.41. The fourth-order valence-electron chi connectivity index (χ4n) is 3.09. The molecule has 1 fully saturated rings. The van der Waals surface area contributed by atoms with Gasteiger partial charge >= 0.3 is 12.1 Å². The Labute approximate surface area is 175 Å².